The maximum absolute atomic E-state index is 12.0. The zero-order valence-corrected chi connectivity index (χ0v) is 22.2. The molecule has 1 fully saturated rings. The summed E-state index contributed by atoms with van der Waals surface area (Å²) < 4.78 is 13.2. The van der Waals surface area contributed by atoms with Crippen molar-refractivity contribution in [2.24, 2.45) is 11.8 Å². The Bertz CT molecular complexity index is 852. The van der Waals surface area contributed by atoms with E-state index < -0.39 is 20.0 Å². The predicted molar refractivity (Wildman–Crippen MR) is 132 cm³/mol. The topological polar surface area (TPSA) is 77.5 Å². The van der Waals surface area contributed by atoms with Gasteiger partial charge in [-0.1, -0.05) is 31.4 Å². The molecule has 6 nitrogen and oxygen atoms in total. The van der Waals surface area contributed by atoms with Crippen molar-refractivity contribution in [2.45, 2.75) is 91.0 Å². The minimum absolute atomic E-state index is 0.250. The summed E-state index contributed by atoms with van der Waals surface area (Å²) in [6.45, 7) is 17.9. The van der Waals surface area contributed by atoms with Crippen molar-refractivity contribution in [1.82, 2.24) is 0 Å². The Morgan fingerprint density at radius 2 is 1.81 bits per heavy atom. The number of aromatic nitrogens is 1. The molecule has 1 aliphatic rings. The van der Waals surface area contributed by atoms with Crippen LogP contribution in [-0.2, 0) is 9.16 Å². The summed E-state index contributed by atoms with van der Waals surface area (Å²) in [7, 11) is -1.69. The van der Waals surface area contributed by atoms with Gasteiger partial charge in [0.1, 0.15) is 5.60 Å². The van der Waals surface area contributed by atoms with E-state index in [0.29, 0.717) is 23.2 Å². The van der Waals surface area contributed by atoms with Crippen molar-refractivity contribution in [3.05, 3.63) is 24.0 Å². The number of hydrogen-bond acceptors (Lipinski definition) is 4. The van der Waals surface area contributed by atoms with Crippen LogP contribution in [0.4, 0.5) is 10.5 Å². The number of anilines is 1. The largest absolute Gasteiger partial charge is 0.444 e. The molecule has 0 bridgehead atoms. The Balaban J connectivity index is 1.91. The van der Waals surface area contributed by atoms with Crippen molar-refractivity contribution in [1.29, 1.82) is 0 Å². The molecule has 1 heterocycles. The molecule has 0 radical (unpaired) electrons. The van der Waals surface area contributed by atoms with Crippen LogP contribution in [0.15, 0.2) is 18.3 Å². The molecule has 2 rings (SSSR count). The van der Waals surface area contributed by atoms with Gasteiger partial charge in [0, 0.05) is 30.6 Å². The molecule has 1 aromatic rings. The smallest absolute Gasteiger partial charge is 0.412 e. The van der Waals surface area contributed by atoms with E-state index in [2.05, 4.69) is 51.0 Å². The third-order valence-corrected chi connectivity index (χ3v) is 10.9. The predicted octanol–water partition coefficient (Wildman–Crippen LogP) is 5.21. The van der Waals surface area contributed by atoms with Crippen LogP contribution in [0, 0.1) is 23.7 Å². The third-order valence-electron chi connectivity index (χ3n) is 6.37. The lowest BCUT2D eigenvalue weighted by Gasteiger charge is -2.38. The molecule has 0 aromatic carbocycles. The molecule has 0 spiro atoms. The van der Waals surface area contributed by atoms with Gasteiger partial charge in [0.05, 0.1) is 5.69 Å². The highest BCUT2D eigenvalue weighted by Gasteiger charge is 2.37. The van der Waals surface area contributed by atoms with Crippen molar-refractivity contribution in [3.63, 3.8) is 0 Å². The molecule has 0 aliphatic heterocycles. The second-order valence-corrected chi connectivity index (χ2v) is 16.2. The zero-order valence-electron chi connectivity index (χ0n) is 21.2. The summed E-state index contributed by atoms with van der Waals surface area (Å²) in [5, 5.41) is 2.99. The van der Waals surface area contributed by atoms with Crippen molar-refractivity contribution < 1.29 is 18.6 Å². The number of carbonyl (C=O) groups is 1. The van der Waals surface area contributed by atoms with E-state index in [9.17, 15) is 4.79 Å². The molecular weight excluding hydrogens is 418 g/mol. The van der Waals surface area contributed by atoms with E-state index in [-0.39, 0.29) is 5.04 Å². The lowest BCUT2D eigenvalue weighted by molar-refractivity contribution is -0.641. The summed E-state index contributed by atoms with van der Waals surface area (Å²) in [6, 6.07) is 3.50. The third kappa shape index (κ3) is 8.14. The SMILES string of the molecule is CC(C)(C)OC(=O)Nc1cc[n+](N)c(C#CC2CCC(CO[Si](C)(C)C(C)(C)C)CC2)c1. The van der Waals surface area contributed by atoms with Gasteiger partial charge in [-0.05, 0) is 70.5 Å². The highest BCUT2D eigenvalue weighted by molar-refractivity contribution is 6.74. The van der Waals surface area contributed by atoms with E-state index in [1.165, 1.54) is 4.68 Å². The minimum atomic E-state index is -1.69. The van der Waals surface area contributed by atoms with Gasteiger partial charge in [-0.3, -0.25) is 5.32 Å². The Morgan fingerprint density at radius 3 is 2.38 bits per heavy atom. The van der Waals surface area contributed by atoms with Crippen LogP contribution in [0.2, 0.25) is 18.1 Å². The van der Waals surface area contributed by atoms with E-state index in [1.54, 1.807) is 18.3 Å². The Labute approximate surface area is 195 Å². The van der Waals surface area contributed by atoms with Crippen LogP contribution >= 0.6 is 0 Å². The molecule has 7 heteroatoms. The van der Waals surface area contributed by atoms with Gasteiger partial charge in [0.2, 0.25) is 6.20 Å². The van der Waals surface area contributed by atoms with Crippen molar-refractivity contribution in [2.75, 3.05) is 17.8 Å². The summed E-state index contributed by atoms with van der Waals surface area (Å²) in [4.78, 5) is 12.0. The van der Waals surface area contributed by atoms with Gasteiger partial charge >= 0.3 is 6.09 Å². The zero-order chi connectivity index (χ0) is 24.2. The number of nitrogens with zero attached hydrogens (tertiary/aromatic N) is 1. The van der Waals surface area contributed by atoms with Crippen LogP contribution in [0.25, 0.3) is 0 Å². The second-order valence-electron chi connectivity index (χ2n) is 11.4. The first-order valence-electron chi connectivity index (χ1n) is 11.6. The first kappa shape index (κ1) is 26.2. The van der Waals surface area contributed by atoms with Crippen molar-refractivity contribution in [3.8, 4) is 11.8 Å². The van der Waals surface area contributed by atoms with Gasteiger partial charge in [-0.2, -0.15) is 0 Å². The number of hydrogen-bond donors (Lipinski definition) is 2. The summed E-state index contributed by atoms with van der Waals surface area (Å²) in [5.41, 5.74) is 0.711. The summed E-state index contributed by atoms with van der Waals surface area (Å²) in [6.07, 6.45) is 5.65. The number of pyridine rings is 1. The van der Waals surface area contributed by atoms with Crippen LogP contribution in [-0.4, -0.2) is 26.6 Å². The van der Waals surface area contributed by atoms with Gasteiger partial charge in [0.15, 0.2) is 8.32 Å². The highest BCUT2D eigenvalue weighted by Crippen LogP contribution is 2.38. The molecule has 32 heavy (non-hydrogen) atoms. The average Bonchev–Trinajstić information content (AvgIpc) is 2.65. The number of ether oxygens (including phenoxy) is 1. The van der Waals surface area contributed by atoms with E-state index >= 15 is 0 Å². The normalized spacial score (nSPS) is 19.6. The van der Waals surface area contributed by atoms with Gasteiger partial charge < -0.3 is 9.16 Å². The number of nitrogen functional groups attached to an aromatic ring is 1. The van der Waals surface area contributed by atoms with E-state index in [1.807, 2.05) is 20.8 Å². The summed E-state index contributed by atoms with van der Waals surface area (Å²) >= 11 is 0. The molecule has 1 aliphatic carbocycles. The highest BCUT2D eigenvalue weighted by atomic mass is 28.4. The molecule has 1 aromatic heterocycles. The number of rotatable bonds is 4. The van der Waals surface area contributed by atoms with E-state index in [4.69, 9.17) is 15.0 Å². The first-order valence-corrected chi connectivity index (χ1v) is 14.5. The Morgan fingerprint density at radius 1 is 1.19 bits per heavy atom. The number of nitrogens with one attached hydrogen (secondary N) is 1. The molecule has 0 saturated heterocycles. The molecule has 1 amide bonds. The Hall–Kier alpha value is -2.04. The summed E-state index contributed by atoms with van der Waals surface area (Å²) in [5.74, 6) is 13.6. The standard InChI is InChI=1S/C25H41N3O3Si/c1-24(2,3)31-23(29)27-21-15-16-28(26)22(17-21)14-13-19-9-11-20(12-10-19)18-30-32(7,8)25(4,5)6/h15-17,19-20H,9-12,18,26H2,1-8H3/p+1. The maximum Gasteiger partial charge on any atom is 0.412 e. The molecular formula is C25H42N3O3Si+. The fraction of sp³-hybridized carbons (Fsp3) is 0.680. The number of amides is 1. The number of nitrogens with two attached hydrogens (primary N) is 1. The molecule has 178 valence electrons. The van der Waals surface area contributed by atoms with Crippen LogP contribution in [0.3, 0.4) is 0 Å². The Kier molecular flexibility index (Phi) is 8.41. The average molecular weight is 461 g/mol. The van der Waals surface area contributed by atoms with Crippen molar-refractivity contribution >= 4 is 20.1 Å². The molecule has 0 atom stereocenters. The minimum Gasteiger partial charge on any atom is -0.444 e. The molecule has 0 unspecified atom stereocenters. The maximum atomic E-state index is 12.0. The van der Waals surface area contributed by atoms with Crippen LogP contribution in [0.1, 0.15) is 72.9 Å². The fourth-order valence-electron chi connectivity index (χ4n) is 3.30. The van der Waals surface area contributed by atoms with Crippen LogP contribution < -0.4 is 15.8 Å². The first-order chi connectivity index (χ1) is 14.7. The lowest BCUT2D eigenvalue weighted by atomic mass is 9.83. The molecule has 3 N–H and O–H groups in total. The quantitative estimate of drug-likeness (QED) is 0.280. The van der Waals surface area contributed by atoms with E-state index in [0.717, 1.165) is 32.3 Å². The number of carbonyl (C=O) groups excluding carboxylic acids is 1. The van der Waals surface area contributed by atoms with Gasteiger partial charge in [-0.15, -0.1) is 0 Å². The molecule has 1 saturated carbocycles. The van der Waals surface area contributed by atoms with Gasteiger partial charge in [-0.25, -0.2) is 10.6 Å². The second kappa shape index (κ2) is 10.3. The lowest BCUT2D eigenvalue weighted by Crippen LogP contribution is -2.47. The monoisotopic (exact) mass is 460 g/mol. The van der Waals surface area contributed by atoms with Gasteiger partial charge in [0.25, 0.3) is 5.69 Å². The van der Waals surface area contributed by atoms with Crippen LogP contribution in [0.5, 0.6) is 0 Å². The fourth-order valence-corrected chi connectivity index (χ4v) is 4.39.